The van der Waals surface area contributed by atoms with Gasteiger partial charge in [-0.25, -0.2) is 4.98 Å². The van der Waals surface area contributed by atoms with Gasteiger partial charge in [0, 0.05) is 29.1 Å². The molecule has 0 atom stereocenters. The minimum atomic E-state index is 0.660. The lowest BCUT2D eigenvalue weighted by Gasteiger charge is -2.30. The Kier molecular flexibility index (Phi) is 4.27. The van der Waals surface area contributed by atoms with Gasteiger partial charge in [0.15, 0.2) is 5.13 Å². The predicted molar refractivity (Wildman–Crippen MR) is 87.8 cm³/mol. The van der Waals surface area contributed by atoms with E-state index in [-0.39, 0.29) is 0 Å². The molecule has 1 saturated carbocycles. The molecule has 0 N–H and O–H groups in total. The van der Waals surface area contributed by atoms with Crippen LogP contribution in [0.15, 0.2) is 29.6 Å². The van der Waals surface area contributed by atoms with Crippen molar-refractivity contribution in [3.05, 3.63) is 34.7 Å². The zero-order chi connectivity index (χ0) is 13.9. The van der Waals surface area contributed by atoms with Crippen LogP contribution in [0.2, 0.25) is 5.02 Å². The van der Waals surface area contributed by atoms with Crippen LogP contribution in [0.3, 0.4) is 0 Å². The summed E-state index contributed by atoms with van der Waals surface area (Å²) in [6.07, 6.45) is 6.69. The minimum absolute atomic E-state index is 0.660. The lowest BCUT2D eigenvalue weighted by Crippen LogP contribution is -2.33. The average Bonchev–Trinajstić information content (AvgIpc) is 2.98. The standard InChI is InChI=1S/C16H19ClN2S/c1-19(14-5-3-2-4-6-14)16-18-15(11-20-16)12-7-9-13(17)10-8-12/h7-11,14H,2-6H2,1H3. The Morgan fingerprint density at radius 2 is 1.85 bits per heavy atom. The zero-order valence-corrected chi connectivity index (χ0v) is 13.3. The minimum Gasteiger partial charge on any atom is -0.348 e. The van der Waals surface area contributed by atoms with Crippen molar-refractivity contribution in [1.29, 1.82) is 0 Å². The van der Waals surface area contributed by atoms with Gasteiger partial charge in [0.2, 0.25) is 0 Å². The summed E-state index contributed by atoms with van der Waals surface area (Å²) in [6, 6.07) is 8.55. The summed E-state index contributed by atoms with van der Waals surface area (Å²) < 4.78 is 0. The molecule has 1 heterocycles. The number of benzene rings is 1. The molecule has 0 saturated heterocycles. The number of thiazole rings is 1. The SMILES string of the molecule is CN(c1nc(-c2ccc(Cl)cc2)cs1)C1CCCCC1. The molecule has 1 aromatic heterocycles. The summed E-state index contributed by atoms with van der Waals surface area (Å²) in [4.78, 5) is 7.15. The largest absolute Gasteiger partial charge is 0.348 e. The van der Waals surface area contributed by atoms with Gasteiger partial charge >= 0.3 is 0 Å². The van der Waals surface area contributed by atoms with Gasteiger partial charge in [-0.2, -0.15) is 0 Å². The van der Waals surface area contributed by atoms with Gasteiger partial charge < -0.3 is 4.90 Å². The van der Waals surface area contributed by atoms with Crippen molar-refractivity contribution in [2.24, 2.45) is 0 Å². The number of aromatic nitrogens is 1. The molecule has 2 aromatic rings. The topological polar surface area (TPSA) is 16.1 Å². The molecule has 106 valence electrons. The first-order valence-corrected chi connectivity index (χ1v) is 8.44. The van der Waals surface area contributed by atoms with E-state index in [0.29, 0.717) is 6.04 Å². The zero-order valence-electron chi connectivity index (χ0n) is 11.7. The first kappa shape index (κ1) is 13.9. The Labute approximate surface area is 129 Å². The van der Waals surface area contributed by atoms with E-state index in [2.05, 4.69) is 17.3 Å². The summed E-state index contributed by atoms with van der Waals surface area (Å²) >= 11 is 7.66. The van der Waals surface area contributed by atoms with Crippen molar-refractivity contribution in [2.45, 2.75) is 38.1 Å². The van der Waals surface area contributed by atoms with E-state index in [1.807, 2.05) is 24.3 Å². The van der Waals surface area contributed by atoms with Crippen molar-refractivity contribution in [3.8, 4) is 11.3 Å². The Morgan fingerprint density at radius 1 is 1.15 bits per heavy atom. The van der Waals surface area contributed by atoms with Gasteiger partial charge in [-0.1, -0.05) is 43.0 Å². The lowest BCUT2D eigenvalue weighted by molar-refractivity contribution is 0.427. The van der Waals surface area contributed by atoms with E-state index >= 15 is 0 Å². The molecule has 0 unspecified atom stereocenters. The molecule has 0 spiro atoms. The molecule has 3 rings (SSSR count). The van der Waals surface area contributed by atoms with Gasteiger partial charge in [0.05, 0.1) is 5.69 Å². The molecule has 0 radical (unpaired) electrons. The molecule has 2 nitrogen and oxygen atoms in total. The van der Waals surface area contributed by atoms with Crippen molar-refractivity contribution in [1.82, 2.24) is 4.98 Å². The molecule has 20 heavy (non-hydrogen) atoms. The fourth-order valence-electron chi connectivity index (χ4n) is 2.80. The Bertz CT molecular complexity index is 558. The third kappa shape index (κ3) is 2.99. The maximum absolute atomic E-state index is 5.93. The normalized spacial score (nSPS) is 16.3. The molecule has 1 aromatic carbocycles. The highest BCUT2D eigenvalue weighted by atomic mass is 35.5. The quantitative estimate of drug-likeness (QED) is 0.771. The van der Waals surface area contributed by atoms with Crippen molar-refractivity contribution >= 4 is 28.1 Å². The van der Waals surface area contributed by atoms with E-state index in [0.717, 1.165) is 21.4 Å². The second-order valence-electron chi connectivity index (χ2n) is 5.42. The molecule has 0 amide bonds. The van der Waals surface area contributed by atoms with Crippen LogP contribution in [0.4, 0.5) is 5.13 Å². The summed E-state index contributed by atoms with van der Waals surface area (Å²) in [5, 5.41) is 4.03. The molecule has 0 aliphatic heterocycles. The van der Waals surface area contributed by atoms with Crippen molar-refractivity contribution < 1.29 is 0 Å². The predicted octanol–water partition coefficient (Wildman–Crippen LogP) is 5.23. The van der Waals surface area contributed by atoms with Crippen LogP contribution in [0.1, 0.15) is 32.1 Å². The number of hydrogen-bond acceptors (Lipinski definition) is 3. The van der Waals surface area contributed by atoms with Gasteiger partial charge in [0.25, 0.3) is 0 Å². The Balaban J connectivity index is 1.77. The van der Waals surface area contributed by atoms with Crippen LogP contribution in [0.5, 0.6) is 0 Å². The second-order valence-corrected chi connectivity index (χ2v) is 6.70. The number of rotatable bonds is 3. The Hall–Kier alpha value is -1.06. The Morgan fingerprint density at radius 3 is 2.55 bits per heavy atom. The van der Waals surface area contributed by atoms with Crippen molar-refractivity contribution in [3.63, 3.8) is 0 Å². The van der Waals surface area contributed by atoms with Crippen LogP contribution < -0.4 is 4.90 Å². The summed E-state index contributed by atoms with van der Waals surface area (Å²) in [5.41, 5.74) is 2.18. The molecule has 1 fully saturated rings. The summed E-state index contributed by atoms with van der Waals surface area (Å²) in [7, 11) is 2.18. The number of halogens is 1. The van der Waals surface area contributed by atoms with E-state index < -0.39 is 0 Å². The molecular weight excluding hydrogens is 288 g/mol. The number of nitrogens with zero attached hydrogens (tertiary/aromatic N) is 2. The van der Waals surface area contributed by atoms with Gasteiger partial charge in [-0.15, -0.1) is 11.3 Å². The van der Waals surface area contributed by atoms with E-state index in [1.165, 1.54) is 32.1 Å². The second kappa shape index (κ2) is 6.15. The van der Waals surface area contributed by atoms with E-state index in [4.69, 9.17) is 16.6 Å². The summed E-state index contributed by atoms with van der Waals surface area (Å²) in [5.74, 6) is 0. The maximum Gasteiger partial charge on any atom is 0.185 e. The van der Waals surface area contributed by atoms with Gasteiger partial charge in [0.1, 0.15) is 0 Å². The highest BCUT2D eigenvalue weighted by molar-refractivity contribution is 7.14. The smallest absolute Gasteiger partial charge is 0.185 e. The van der Waals surface area contributed by atoms with E-state index in [9.17, 15) is 0 Å². The average molecular weight is 307 g/mol. The third-order valence-corrected chi connectivity index (χ3v) is 5.24. The highest BCUT2D eigenvalue weighted by Gasteiger charge is 2.20. The van der Waals surface area contributed by atoms with Crippen LogP contribution >= 0.6 is 22.9 Å². The van der Waals surface area contributed by atoms with Crippen LogP contribution in [0, 0.1) is 0 Å². The highest BCUT2D eigenvalue weighted by Crippen LogP contribution is 2.31. The van der Waals surface area contributed by atoms with Crippen LogP contribution in [-0.4, -0.2) is 18.1 Å². The first-order valence-electron chi connectivity index (χ1n) is 7.18. The first-order chi connectivity index (χ1) is 9.74. The molecule has 0 bridgehead atoms. The molecular formula is C16H19ClN2S. The third-order valence-electron chi connectivity index (χ3n) is 4.06. The maximum atomic E-state index is 5.93. The molecule has 1 aliphatic carbocycles. The number of anilines is 1. The van der Waals surface area contributed by atoms with E-state index in [1.54, 1.807) is 11.3 Å². The fraction of sp³-hybridized carbons (Fsp3) is 0.438. The molecule has 1 aliphatic rings. The van der Waals surface area contributed by atoms with Gasteiger partial charge in [-0.05, 0) is 25.0 Å². The lowest BCUT2D eigenvalue weighted by atomic mass is 9.95. The van der Waals surface area contributed by atoms with Crippen LogP contribution in [0.25, 0.3) is 11.3 Å². The van der Waals surface area contributed by atoms with Gasteiger partial charge in [-0.3, -0.25) is 0 Å². The summed E-state index contributed by atoms with van der Waals surface area (Å²) in [6.45, 7) is 0. The van der Waals surface area contributed by atoms with Crippen molar-refractivity contribution in [2.75, 3.05) is 11.9 Å². The monoisotopic (exact) mass is 306 g/mol. The fourth-order valence-corrected chi connectivity index (χ4v) is 3.80. The molecule has 4 heteroatoms. The van der Waals surface area contributed by atoms with Crippen LogP contribution in [-0.2, 0) is 0 Å². The number of hydrogen-bond donors (Lipinski definition) is 0.